The minimum Gasteiger partial charge on any atom is -0.494 e. The van der Waals surface area contributed by atoms with Gasteiger partial charge in [-0.1, -0.05) is 29.5 Å². The predicted molar refractivity (Wildman–Crippen MR) is 121 cm³/mol. The third kappa shape index (κ3) is 5.05. The van der Waals surface area contributed by atoms with E-state index in [0.717, 1.165) is 11.2 Å². The zero-order valence-electron chi connectivity index (χ0n) is 16.9. The summed E-state index contributed by atoms with van der Waals surface area (Å²) < 4.78 is 6.26. The molecule has 0 spiro atoms. The largest absolute Gasteiger partial charge is 0.494 e. The Labute approximate surface area is 184 Å². The van der Waals surface area contributed by atoms with Crippen LogP contribution in [0.15, 0.2) is 42.5 Å². The van der Waals surface area contributed by atoms with Crippen molar-refractivity contribution in [2.75, 3.05) is 39.2 Å². The van der Waals surface area contributed by atoms with Gasteiger partial charge in [-0.3, -0.25) is 19.8 Å². The smallest absolute Gasteiger partial charge is 0.282 e. The Morgan fingerprint density at radius 3 is 2.57 bits per heavy atom. The molecule has 0 unspecified atom stereocenters. The van der Waals surface area contributed by atoms with Gasteiger partial charge in [-0.2, -0.15) is 0 Å². The number of rotatable bonds is 8. The van der Waals surface area contributed by atoms with Crippen LogP contribution in [0.4, 0.5) is 10.8 Å². The first-order valence-corrected chi connectivity index (χ1v) is 9.87. The van der Waals surface area contributed by atoms with Gasteiger partial charge in [-0.25, -0.2) is 4.98 Å². The molecule has 3 rings (SSSR count). The van der Waals surface area contributed by atoms with E-state index < -0.39 is 10.8 Å². The van der Waals surface area contributed by atoms with Crippen LogP contribution in [0.2, 0.25) is 0 Å². The quantitative estimate of drug-likeness (QED) is 0.377. The van der Waals surface area contributed by atoms with E-state index in [1.54, 1.807) is 19.2 Å². The van der Waals surface area contributed by atoms with Crippen molar-refractivity contribution in [1.29, 1.82) is 0 Å². The number of thiazole rings is 1. The molecule has 0 aliphatic rings. The molecule has 1 amide bonds. The predicted octanol–water partition coefficient (Wildman–Crippen LogP) is 4.23. The molecule has 3 aromatic rings. The Hall–Kier alpha value is -2.75. The number of nitro groups is 1. The number of aromatic nitrogens is 1. The molecule has 8 nitrogen and oxygen atoms in total. The summed E-state index contributed by atoms with van der Waals surface area (Å²) in [6.45, 7) is 1.17. The second-order valence-corrected chi connectivity index (χ2v) is 7.70. The van der Waals surface area contributed by atoms with Gasteiger partial charge in [0.2, 0.25) is 0 Å². The van der Waals surface area contributed by atoms with E-state index >= 15 is 0 Å². The Bertz CT molecular complexity index is 1040. The Morgan fingerprint density at radius 2 is 1.90 bits per heavy atom. The molecule has 0 saturated carbocycles. The van der Waals surface area contributed by atoms with Crippen LogP contribution >= 0.6 is 23.7 Å². The summed E-state index contributed by atoms with van der Waals surface area (Å²) in [6, 6.07) is 11.6. The lowest BCUT2D eigenvalue weighted by atomic mass is 10.1. The number of methoxy groups -OCH3 is 1. The fourth-order valence-corrected chi connectivity index (χ4v) is 3.99. The van der Waals surface area contributed by atoms with Crippen molar-refractivity contribution < 1.29 is 14.5 Å². The highest BCUT2D eigenvalue weighted by molar-refractivity contribution is 7.22. The second kappa shape index (κ2) is 10.3. The fourth-order valence-electron chi connectivity index (χ4n) is 2.98. The normalized spacial score (nSPS) is 10.7. The molecule has 0 saturated heterocycles. The lowest BCUT2D eigenvalue weighted by Crippen LogP contribution is -2.33. The van der Waals surface area contributed by atoms with Crippen LogP contribution in [-0.2, 0) is 0 Å². The van der Waals surface area contributed by atoms with E-state index in [1.165, 1.54) is 28.4 Å². The maximum absolute atomic E-state index is 13.3. The zero-order valence-corrected chi connectivity index (χ0v) is 18.5. The average Bonchev–Trinajstić information content (AvgIpc) is 3.14. The van der Waals surface area contributed by atoms with Crippen molar-refractivity contribution in [3.05, 3.63) is 58.1 Å². The van der Waals surface area contributed by atoms with E-state index in [1.807, 2.05) is 37.2 Å². The lowest BCUT2D eigenvalue weighted by Gasteiger charge is -2.21. The molecule has 2 aromatic carbocycles. The number of hydrogen-bond acceptors (Lipinski definition) is 7. The van der Waals surface area contributed by atoms with Crippen LogP contribution < -0.4 is 9.64 Å². The first kappa shape index (κ1) is 23.5. The number of nitro benzene ring substituents is 1. The number of fused-ring (bicyclic) bond motifs is 1. The van der Waals surface area contributed by atoms with Crippen LogP contribution in [0.1, 0.15) is 16.8 Å². The van der Waals surface area contributed by atoms with Crippen molar-refractivity contribution in [2.24, 2.45) is 0 Å². The summed E-state index contributed by atoms with van der Waals surface area (Å²) in [7, 11) is 5.48. The van der Waals surface area contributed by atoms with Crippen molar-refractivity contribution in [3.63, 3.8) is 0 Å². The molecule has 0 aliphatic heterocycles. The van der Waals surface area contributed by atoms with Crippen LogP contribution in [-0.4, -0.2) is 55.0 Å². The van der Waals surface area contributed by atoms with Crippen molar-refractivity contribution in [2.45, 2.75) is 6.42 Å². The molecule has 10 heteroatoms. The van der Waals surface area contributed by atoms with E-state index in [0.29, 0.717) is 29.4 Å². The number of ether oxygens (including phenoxy) is 1. The van der Waals surface area contributed by atoms with Gasteiger partial charge in [0.05, 0.1) is 16.7 Å². The van der Waals surface area contributed by atoms with Gasteiger partial charge in [0.15, 0.2) is 5.13 Å². The Kier molecular flexibility index (Phi) is 8.10. The highest BCUT2D eigenvalue weighted by atomic mass is 35.5. The van der Waals surface area contributed by atoms with Crippen LogP contribution in [0, 0.1) is 10.1 Å². The van der Waals surface area contributed by atoms with Crippen LogP contribution in [0.5, 0.6) is 5.75 Å². The third-order valence-corrected chi connectivity index (χ3v) is 5.43. The van der Waals surface area contributed by atoms with Crippen LogP contribution in [0.3, 0.4) is 0 Å². The van der Waals surface area contributed by atoms with E-state index in [9.17, 15) is 14.9 Å². The SMILES string of the molecule is COc1cccc2sc(N(CCCN(C)C)C(=O)c3ccccc3[N+](=O)[O-])nc12.Cl. The van der Waals surface area contributed by atoms with Gasteiger partial charge in [0.25, 0.3) is 11.6 Å². The minimum absolute atomic E-state index is 0. The molecule has 30 heavy (non-hydrogen) atoms. The zero-order chi connectivity index (χ0) is 21.0. The van der Waals surface area contributed by atoms with Gasteiger partial charge in [-0.15, -0.1) is 12.4 Å². The van der Waals surface area contributed by atoms with Crippen molar-refractivity contribution >= 4 is 50.7 Å². The number of carbonyl (C=O) groups is 1. The van der Waals surface area contributed by atoms with Gasteiger partial charge >= 0.3 is 0 Å². The molecule has 0 N–H and O–H groups in total. The van der Waals surface area contributed by atoms with Gasteiger partial charge < -0.3 is 9.64 Å². The van der Waals surface area contributed by atoms with Crippen molar-refractivity contribution in [3.8, 4) is 5.75 Å². The van der Waals surface area contributed by atoms with Gasteiger partial charge in [0, 0.05) is 12.6 Å². The number of para-hydroxylation sites is 2. The standard InChI is InChI=1S/C20H22N4O4S.ClH/c1-22(2)12-7-13-23(19(25)14-8-4-5-9-15(14)24(26)27)20-21-18-16(28-3)10-6-11-17(18)29-20;/h4-6,8-11H,7,12-13H2,1-3H3;1H. The van der Waals surface area contributed by atoms with E-state index in [2.05, 4.69) is 4.98 Å². The van der Waals surface area contributed by atoms with E-state index in [4.69, 9.17) is 4.74 Å². The molecule has 0 radical (unpaired) electrons. The topological polar surface area (TPSA) is 88.8 Å². The summed E-state index contributed by atoms with van der Waals surface area (Å²) >= 11 is 1.36. The minimum atomic E-state index is -0.535. The number of carbonyl (C=O) groups excluding carboxylic acids is 1. The van der Waals surface area contributed by atoms with Gasteiger partial charge in [0.1, 0.15) is 16.8 Å². The molecule has 160 valence electrons. The first-order chi connectivity index (χ1) is 13.9. The fraction of sp³-hybridized carbons (Fsp3) is 0.300. The summed E-state index contributed by atoms with van der Waals surface area (Å²) in [5.41, 5.74) is 0.505. The Balaban J connectivity index is 0.00000320. The average molecular weight is 451 g/mol. The summed E-state index contributed by atoms with van der Waals surface area (Å²) in [4.78, 5) is 32.4. The molecule has 0 fully saturated rings. The molecular weight excluding hydrogens is 428 g/mol. The molecule has 0 aliphatic carbocycles. The van der Waals surface area contributed by atoms with Gasteiger partial charge in [-0.05, 0) is 45.3 Å². The maximum atomic E-state index is 13.3. The summed E-state index contributed by atoms with van der Waals surface area (Å²) in [5.74, 6) is 0.186. The maximum Gasteiger partial charge on any atom is 0.282 e. The number of halogens is 1. The van der Waals surface area contributed by atoms with E-state index in [-0.39, 0.29) is 23.7 Å². The highest BCUT2D eigenvalue weighted by Gasteiger charge is 2.27. The monoisotopic (exact) mass is 450 g/mol. The molecule has 0 bridgehead atoms. The lowest BCUT2D eigenvalue weighted by molar-refractivity contribution is -0.385. The van der Waals surface area contributed by atoms with Crippen LogP contribution in [0.25, 0.3) is 10.2 Å². The number of benzene rings is 2. The number of hydrogen-bond donors (Lipinski definition) is 0. The number of nitrogens with zero attached hydrogens (tertiary/aromatic N) is 4. The molecule has 0 atom stereocenters. The molecule has 1 heterocycles. The number of amides is 1. The highest BCUT2D eigenvalue weighted by Crippen LogP contribution is 2.35. The summed E-state index contributed by atoms with van der Waals surface area (Å²) in [5, 5.41) is 11.9. The molecule has 1 aromatic heterocycles. The number of anilines is 1. The third-order valence-electron chi connectivity index (χ3n) is 4.38. The second-order valence-electron chi connectivity index (χ2n) is 6.69. The Morgan fingerprint density at radius 1 is 1.17 bits per heavy atom. The first-order valence-electron chi connectivity index (χ1n) is 9.06. The molecular formula is C20H23ClN4O4S. The van der Waals surface area contributed by atoms with Crippen molar-refractivity contribution in [1.82, 2.24) is 9.88 Å². The summed E-state index contributed by atoms with van der Waals surface area (Å²) in [6.07, 6.45) is 0.701.